The average molecular weight is 444 g/mol. The number of carbonyl (C=O) groups is 3. The van der Waals surface area contributed by atoms with E-state index in [1.54, 1.807) is 54.6 Å². The molecule has 0 radical (unpaired) electrons. The topological polar surface area (TPSA) is 109 Å². The van der Waals surface area contributed by atoms with Gasteiger partial charge in [0.1, 0.15) is 5.75 Å². The maximum atomic E-state index is 12.7. The zero-order valence-electron chi connectivity index (χ0n) is 18.3. The number of carbonyl (C=O) groups excluding carboxylic acids is 3. The zero-order chi connectivity index (χ0) is 23.6. The van der Waals surface area contributed by atoms with Crippen molar-refractivity contribution in [3.63, 3.8) is 0 Å². The van der Waals surface area contributed by atoms with Crippen LogP contribution in [0.1, 0.15) is 28.4 Å². The summed E-state index contributed by atoms with van der Waals surface area (Å²) in [6.07, 6.45) is 1.41. The van der Waals surface area contributed by atoms with E-state index in [2.05, 4.69) is 21.2 Å². The van der Waals surface area contributed by atoms with Gasteiger partial charge in [-0.05, 0) is 73.5 Å². The van der Waals surface area contributed by atoms with E-state index in [0.29, 0.717) is 12.3 Å². The number of nitrogens with one attached hydrogen (secondary N) is 3. The summed E-state index contributed by atoms with van der Waals surface area (Å²) in [5.74, 6) is -1.60. The van der Waals surface area contributed by atoms with Crippen molar-refractivity contribution in [1.29, 1.82) is 0 Å². The minimum Gasteiger partial charge on any atom is -0.494 e. The Morgan fingerprint density at radius 3 is 2.39 bits per heavy atom. The Bertz CT molecular complexity index is 1170. The number of hydrogen-bond acceptors (Lipinski definition) is 5. The van der Waals surface area contributed by atoms with E-state index in [-0.39, 0.29) is 11.3 Å². The van der Waals surface area contributed by atoms with Gasteiger partial charge in [-0.25, -0.2) is 5.43 Å². The third-order valence-corrected chi connectivity index (χ3v) is 4.47. The minimum absolute atomic E-state index is 0.207. The van der Waals surface area contributed by atoms with Gasteiger partial charge in [0.05, 0.1) is 24.1 Å². The molecule has 0 aromatic heterocycles. The monoisotopic (exact) mass is 444 g/mol. The number of aryl methyl sites for hydroxylation is 1. The first-order valence-electron chi connectivity index (χ1n) is 10.3. The Balaban J connectivity index is 1.60. The van der Waals surface area contributed by atoms with Crippen LogP contribution in [0, 0.1) is 6.92 Å². The lowest BCUT2D eigenvalue weighted by atomic mass is 10.1. The minimum atomic E-state index is -0.967. The van der Waals surface area contributed by atoms with Gasteiger partial charge in [-0.3, -0.25) is 14.4 Å². The van der Waals surface area contributed by atoms with Gasteiger partial charge in [-0.1, -0.05) is 24.3 Å². The lowest BCUT2D eigenvalue weighted by Gasteiger charge is -2.11. The molecule has 8 nitrogen and oxygen atoms in total. The number of anilines is 2. The van der Waals surface area contributed by atoms with Gasteiger partial charge in [0.25, 0.3) is 5.91 Å². The molecule has 168 valence electrons. The highest BCUT2D eigenvalue weighted by atomic mass is 16.5. The van der Waals surface area contributed by atoms with Crippen LogP contribution in [-0.2, 0) is 9.59 Å². The molecule has 0 saturated heterocycles. The fraction of sp³-hybridized carbons (Fsp3) is 0.120. The van der Waals surface area contributed by atoms with Crippen LogP contribution in [0.4, 0.5) is 11.4 Å². The number of rotatable bonds is 7. The van der Waals surface area contributed by atoms with E-state index in [0.717, 1.165) is 16.9 Å². The first-order chi connectivity index (χ1) is 16.0. The summed E-state index contributed by atoms with van der Waals surface area (Å²) in [6.45, 7) is 4.38. The Morgan fingerprint density at radius 1 is 0.909 bits per heavy atom. The van der Waals surface area contributed by atoms with Crippen molar-refractivity contribution in [3.8, 4) is 5.75 Å². The molecule has 3 aromatic carbocycles. The first-order valence-corrected chi connectivity index (χ1v) is 10.3. The van der Waals surface area contributed by atoms with Crippen molar-refractivity contribution in [2.75, 3.05) is 17.2 Å². The number of amides is 3. The van der Waals surface area contributed by atoms with Gasteiger partial charge in [0, 0.05) is 5.69 Å². The molecule has 0 aliphatic rings. The second-order valence-electron chi connectivity index (χ2n) is 7.02. The van der Waals surface area contributed by atoms with Gasteiger partial charge >= 0.3 is 11.8 Å². The molecule has 0 bridgehead atoms. The zero-order valence-corrected chi connectivity index (χ0v) is 18.3. The molecule has 0 unspecified atom stereocenters. The highest BCUT2D eigenvalue weighted by Gasteiger charge is 2.17. The fourth-order valence-corrected chi connectivity index (χ4v) is 2.92. The van der Waals surface area contributed by atoms with E-state index in [1.165, 1.54) is 6.21 Å². The van der Waals surface area contributed by atoms with Crippen LogP contribution >= 0.6 is 0 Å². The summed E-state index contributed by atoms with van der Waals surface area (Å²) in [5.41, 5.74) is 4.94. The molecule has 0 aliphatic heterocycles. The molecule has 0 fully saturated rings. The fourth-order valence-electron chi connectivity index (χ4n) is 2.92. The van der Waals surface area contributed by atoms with E-state index in [9.17, 15) is 14.4 Å². The number of para-hydroxylation sites is 1. The third kappa shape index (κ3) is 6.76. The van der Waals surface area contributed by atoms with E-state index in [4.69, 9.17) is 4.74 Å². The Morgan fingerprint density at radius 2 is 1.67 bits per heavy atom. The van der Waals surface area contributed by atoms with Crippen LogP contribution < -0.4 is 20.8 Å². The normalized spacial score (nSPS) is 10.5. The van der Waals surface area contributed by atoms with Gasteiger partial charge in [-0.2, -0.15) is 5.10 Å². The van der Waals surface area contributed by atoms with Crippen molar-refractivity contribution >= 4 is 35.3 Å². The Labute approximate surface area is 191 Å². The molecule has 0 spiro atoms. The lowest BCUT2D eigenvalue weighted by Crippen LogP contribution is -2.33. The maximum absolute atomic E-state index is 12.7. The highest BCUT2D eigenvalue weighted by Crippen LogP contribution is 2.18. The second-order valence-corrected chi connectivity index (χ2v) is 7.02. The summed E-state index contributed by atoms with van der Waals surface area (Å²) >= 11 is 0. The highest BCUT2D eigenvalue weighted by molar-refractivity contribution is 6.40. The van der Waals surface area contributed by atoms with E-state index in [1.807, 2.05) is 32.0 Å². The molecule has 0 aliphatic carbocycles. The lowest BCUT2D eigenvalue weighted by molar-refractivity contribution is -0.136. The van der Waals surface area contributed by atoms with Crippen molar-refractivity contribution in [2.45, 2.75) is 13.8 Å². The van der Waals surface area contributed by atoms with Crippen molar-refractivity contribution in [2.24, 2.45) is 5.10 Å². The summed E-state index contributed by atoms with van der Waals surface area (Å²) in [5, 5.41) is 9.04. The quantitative estimate of drug-likeness (QED) is 0.293. The van der Waals surface area contributed by atoms with Crippen molar-refractivity contribution in [3.05, 3.63) is 89.5 Å². The molecule has 0 heterocycles. The van der Waals surface area contributed by atoms with Crippen LogP contribution in [-0.4, -0.2) is 30.5 Å². The number of benzene rings is 3. The van der Waals surface area contributed by atoms with Crippen LogP contribution in [0.25, 0.3) is 0 Å². The predicted octanol–water partition coefficient (Wildman–Crippen LogP) is 3.73. The van der Waals surface area contributed by atoms with Crippen molar-refractivity contribution in [1.82, 2.24) is 5.43 Å². The SMILES string of the molecule is CCOc1ccc(/C=N\NC(=O)C(=O)Nc2ccccc2C(=O)Nc2cccc(C)c2)cc1. The first kappa shape index (κ1) is 23.2. The maximum Gasteiger partial charge on any atom is 0.329 e. The molecular weight excluding hydrogens is 420 g/mol. The number of nitrogens with zero attached hydrogens (tertiary/aromatic N) is 1. The smallest absolute Gasteiger partial charge is 0.329 e. The number of hydrazone groups is 1. The van der Waals surface area contributed by atoms with Gasteiger partial charge < -0.3 is 15.4 Å². The number of ether oxygens (including phenoxy) is 1. The van der Waals surface area contributed by atoms with Gasteiger partial charge in [0.2, 0.25) is 0 Å². The Kier molecular flexibility index (Phi) is 7.91. The Hall–Kier alpha value is -4.46. The molecule has 33 heavy (non-hydrogen) atoms. The standard InChI is InChI=1S/C25H24N4O4/c1-3-33-20-13-11-18(12-14-20)16-26-29-25(32)24(31)28-22-10-5-4-9-21(22)23(30)27-19-8-6-7-17(2)15-19/h4-16H,3H2,1-2H3,(H,27,30)(H,28,31)(H,29,32)/b26-16-. The van der Waals surface area contributed by atoms with Crippen LogP contribution in [0.2, 0.25) is 0 Å². The molecular formula is C25H24N4O4. The molecule has 8 heteroatoms. The second kappa shape index (κ2) is 11.2. The summed E-state index contributed by atoms with van der Waals surface area (Å²) in [6, 6.07) is 20.9. The van der Waals surface area contributed by atoms with Crippen molar-refractivity contribution < 1.29 is 19.1 Å². The predicted molar refractivity (Wildman–Crippen MR) is 128 cm³/mol. The van der Waals surface area contributed by atoms with Crippen LogP contribution in [0.5, 0.6) is 5.75 Å². The van der Waals surface area contributed by atoms with Crippen LogP contribution in [0.3, 0.4) is 0 Å². The van der Waals surface area contributed by atoms with E-state index >= 15 is 0 Å². The third-order valence-electron chi connectivity index (χ3n) is 4.47. The molecule has 3 amide bonds. The van der Waals surface area contributed by atoms with E-state index < -0.39 is 17.7 Å². The van der Waals surface area contributed by atoms with Gasteiger partial charge in [0.15, 0.2) is 0 Å². The molecule has 0 saturated carbocycles. The average Bonchev–Trinajstić information content (AvgIpc) is 2.80. The molecule has 3 rings (SSSR count). The van der Waals surface area contributed by atoms with Crippen LogP contribution in [0.15, 0.2) is 77.9 Å². The summed E-state index contributed by atoms with van der Waals surface area (Å²) in [7, 11) is 0. The molecule has 3 aromatic rings. The summed E-state index contributed by atoms with van der Waals surface area (Å²) in [4.78, 5) is 37.1. The largest absolute Gasteiger partial charge is 0.494 e. The molecule has 3 N–H and O–H groups in total. The molecule has 0 atom stereocenters. The summed E-state index contributed by atoms with van der Waals surface area (Å²) < 4.78 is 5.36. The van der Waals surface area contributed by atoms with Gasteiger partial charge in [-0.15, -0.1) is 0 Å². The number of hydrogen-bond donors (Lipinski definition) is 3.